The number of benzene rings is 2. The molecule has 8 heteroatoms. The van der Waals surface area contributed by atoms with Crippen LogP contribution in [-0.4, -0.2) is 36.2 Å². The molecule has 0 atom stereocenters. The van der Waals surface area contributed by atoms with Crippen LogP contribution in [0.25, 0.3) is 22.1 Å². The zero-order valence-electron chi connectivity index (χ0n) is 16.7. The summed E-state index contributed by atoms with van der Waals surface area (Å²) in [5.74, 6) is 0.331. The van der Waals surface area contributed by atoms with Crippen LogP contribution in [-0.2, 0) is 6.54 Å². The minimum Gasteiger partial charge on any atom is -0.338 e. The SMILES string of the molecule is Cc1nn(Cc2ccccc2)c(C)c1/C=N\Nc1nnc2c(n1)[nH]c1ccccc12. The van der Waals surface area contributed by atoms with Gasteiger partial charge in [0.25, 0.3) is 5.95 Å². The van der Waals surface area contributed by atoms with E-state index >= 15 is 0 Å². The number of hydrazone groups is 1. The summed E-state index contributed by atoms with van der Waals surface area (Å²) in [7, 11) is 0. The molecule has 0 aliphatic heterocycles. The third kappa shape index (κ3) is 3.28. The lowest BCUT2D eigenvalue weighted by Gasteiger charge is -2.04. The van der Waals surface area contributed by atoms with Gasteiger partial charge < -0.3 is 4.98 Å². The summed E-state index contributed by atoms with van der Waals surface area (Å²) in [6.07, 6.45) is 1.75. The van der Waals surface area contributed by atoms with Gasteiger partial charge in [0.05, 0.1) is 18.5 Å². The van der Waals surface area contributed by atoms with Crippen molar-refractivity contribution in [3.05, 3.63) is 77.1 Å². The summed E-state index contributed by atoms with van der Waals surface area (Å²) in [5, 5.41) is 18.4. The molecule has 0 radical (unpaired) electrons. The number of para-hydroxylation sites is 1. The Balaban J connectivity index is 1.36. The summed E-state index contributed by atoms with van der Waals surface area (Å²) in [4.78, 5) is 7.73. The molecule has 0 spiro atoms. The van der Waals surface area contributed by atoms with E-state index in [9.17, 15) is 0 Å². The van der Waals surface area contributed by atoms with Crippen LogP contribution in [0.1, 0.15) is 22.5 Å². The molecule has 5 aromatic rings. The van der Waals surface area contributed by atoms with Crippen molar-refractivity contribution in [1.29, 1.82) is 0 Å². The maximum atomic E-state index is 4.65. The van der Waals surface area contributed by atoms with Crippen LogP contribution in [0.15, 0.2) is 59.7 Å². The van der Waals surface area contributed by atoms with Gasteiger partial charge in [-0.15, -0.1) is 10.2 Å². The molecule has 0 aliphatic rings. The molecule has 0 amide bonds. The Hall–Kier alpha value is -4.07. The van der Waals surface area contributed by atoms with Crippen LogP contribution in [0.4, 0.5) is 5.95 Å². The molecule has 148 valence electrons. The highest BCUT2D eigenvalue weighted by molar-refractivity contribution is 6.03. The van der Waals surface area contributed by atoms with E-state index in [1.807, 2.05) is 61.0 Å². The Labute approximate surface area is 172 Å². The lowest BCUT2D eigenvalue weighted by atomic mass is 10.2. The van der Waals surface area contributed by atoms with E-state index < -0.39 is 0 Å². The average molecular weight is 396 g/mol. The fourth-order valence-electron chi connectivity index (χ4n) is 3.53. The van der Waals surface area contributed by atoms with E-state index in [1.54, 1.807) is 6.21 Å². The fraction of sp³-hybridized carbons (Fsp3) is 0.136. The Morgan fingerprint density at radius 3 is 2.70 bits per heavy atom. The largest absolute Gasteiger partial charge is 0.338 e. The number of hydrogen-bond donors (Lipinski definition) is 2. The van der Waals surface area contributed by atoms with Crippen molar-refractivity contribution in [1.82, 2.24) is 29.9 Å². The molecule has 0 bridgehead atoms. The zero-order valence-corrected chi connectivity index (χ0v) is 16.7. The van der Waals surface area contributed by atoms with Crippen molar-refractivity contribution in [3.63, 3.8) is 0 Å². The highest BCUT2D eigenvalue weighted by Gasteiger charge is 2.11. The summed E-state index contributed by atoms with van der Waals surface area (Å²) in [6, 6.07) is 18.2. The molecular weight excluding hydrogens is 376 g/mol. The van der Waals surface area contributed by atoms with E-state index in [0.29, 0.717) is 11.6 Å². The van der Waals surface area contributed by atoms with Gasteiger partial charge in [0.2, 0.25) is 0 Å². The summed E-state index contributed by atoms with van der Waals surface area (Å²) >= 11 is 0. The Kier molecular flexibility index (Phi) is 4.44. The number of aromatic amines is 1. The first-order valence-corrected chi connectivity index (χ1v) is 9.67. The Morgan fingerprint density at radius 2 is 1.83 bits per heavy atom. The van der Waals surface area contributed by atoms with Gasteiger partial charge in [-0.1, -0.05) is 48.5 Å². The first kappa shape index (κ1) is 18.0. The first-order chi connectivity index (χ1) is 14.7. The highest BCUT2D eigenvalue weighted by atomic mass is 15.4. The van der Waals surface area contributed by atoms with Crippen molar-refractivity contribution < 1.29 is 0 Å². The molecule has 3 aromatic heterocycles. The Bertz CT molecular complexity index is 1360. The molecule has 2 N–H and O–H groups in total. The van der Waals surface area contributed by atoms with Crippen LogP contribution in [0.3, 0.4) is 0 Å². The van der Waals surface area contributed by atoms with E-state index in [0.717, 1.165) is 39.9 Å². The number of fused-ring (bicyclic) bond motifs is 3. The normalized spacial score (nSPS) is 11.7. The van der Waals surface area contributed by atoms with E-state index in [-0.39, 0.29) is 0 Å². The second-order valence-corrected chi connectivity index (χ2v) is 7.10. The average Bonchev–Trinajstić information content (AvgIpc) is 3.26. The number of rotatable bonds is 5. The van der Waals surface area contributed by atoms with Crippen LogP contribution < -0.4 is 5.43 Å². The maximum Gasteiger partial charge on any atom is 0.265 e. The second kappa shape index (κ2) is 7.40. The molecule has 0 aliphatic carbocycles. The number of nitrogens with one attached hydrogen (secondary N) is 2. The fourth-order valence-corrected chi connectivity index (χ4v) is 3.53. The van der Waals surface area contributed by atoms with Gasteiger partial charge >= 0.3 is 0 Å². The molecule has 0 fully saturated rings. The standard InChI is InChI=1S/C22H20N8/c1-14-18(15(2)30(29-14)13-16-8-4-3-5-9-16)12-23-27-22-25-21-20(26-28-22)17-10-6-7-11-19(17)24-21/h3-12H,13H2,1-2H3,(H2,24,25,27,28)/b23-12-. The Morgan fingerprint density at radius 1 is 1.03 bits per heavy atom. The van der Waals surface area contributed by atoms with E-state index in [4.69, 9.17) is 0 Å². The number of nitrogens with zero attached hydrogens (tertiary/aromatic N) is 6. The van der Waals surface area contributed by atoms with E-state index in [1.165, 1.54) is 5.56 Å². The molecule has 8 nitrogen and oxygen atoms in total. The van der Waals surface area contributed by atoms with Crippen LogP contribution >= 0.6 is 0 Å². The van der Waals surface area contributed by atoms with Crippen molar-refractivity contribution in [2.24, 2.45) is 5.10 Å². The van der Waals surface area contributed by atoms with Gasteiger partial charge in [0.1, 0.15) is 5.52 Å². The van der Waals surface area contributed by atoms with Crippen LogP contribution in [0, 0.1) is 13.8 Å². The van der Waals surface area contributed by atoms with Crippen LogP contribution in [0.2, 0.25) is 0 Å². The quantitative estimate of drug-likeness (QED) is 0.348. The predicted molar refractivity (Wildman–Crippen MR) is 118 cm³/mol. The lowest BCUT2D eigenvalue weighted by molar-refractivity contribution is 0.659. The summed E-state index contributed by atoms with van der Waals surface area (Å²) in [5.41, 5.74) is 9.41. The van der Waals surface area contributed by atoms with Gasteiger partial charge in [0.15, 0.2) is 5.65 Å². The minimum absolute atomic E-state index is 0.331. The number of anilines is 1. The van der Waals surface area contributed by atoms with E-state index in [2.05, 4.69) is 47.9 Å². The summed E-state index contributed by atoms with van der Waals surface area (Å²) < 4.78 is 1.99. The third-order valence-corrected chi connectivity index (χ3v) is 5.09. The lowest BCUT2D eigenvalue weighted by Crippen LogP contribution is -2.04. The second-order valence-electron chi connectivity index (χ2n) is 7.10. The van der Waals surface area contributed by atoms with Crippen molar-refractivity contribution >= 4 is 34.2 Å². The molecule has 30 heavy (non-hydrogen) atoms. The van der Waals surface area contributed by atoms with Gasteiger partial charge in [-0.2, -0.15) is 15.2 Å². The number of H-pyrrole nitrogens is 1. The molecule has 0 saturated heterocycles. The van der Waals surface area contributed by atoms with Crippen LogP contribution in [0.5, 0.6) is 0 Å². The topological polar surface area (TPSA) is 96.7 Å². The predicted octanol–water partition coefficient (Wildman–Crippen LogP) is 3.81. The highest BCUT2D eigenvalue weighted by Crippen LogP contribution is 2.21. The van der Waals surface area contributed by atoms with Gasteiger partial charge in [-0.05, 0) is 25.5 Å². The van der Waals surface area contributed by atoms with Gasteiger partial charge in [0, 0.05) is 22.2 Å². The van der Waals surface area contributed by atoms with Gasteiger partial charge in [-0.3, -0.25) is 4.68 Å². The first-order valence-electron chi connectivity index (χ1n) is 9.67. The zero-order chi connectivity index (χ0) is 20.5. The third-order valence-electron chi connectivity index (χ3n) is 5.09. The monoisotopic (exact) mass is 396 g/mol. The number of hydrogen-bond acceptors (Lipinski definition) is 6. The molecule has 0 unspecified atom stereocenters. The minimum atomic E-state index is 0.331. The maximum absolute atomic E-state index is 4.65. The molecule has 0 saturated carbocycles. The molecule has 3 heterocycles. The molecule has 2 aromatic carbocycles. The molecular formula is C22H20N8. The molecule has 5 rings (SSSR count). The number of aryl methyl sites for hydroxylation is 1. The van der Waals surface area contributed by atoms with Crippen molar-refractivity contribution in [3.8, 4) is 0 Å². The van der Waals surface area contributed by atoms with Crippen molar-refractivity contribution in [2.75, 3.05) is 5.43 Å². The summed E-state index contributed by atoms with van der Waals surface area (Å²) in [6.45, 7) is 4.74. The van der Waals surface area contributed by atoms with Gasteiger partial charge in [-0.25, -0.2) is 5.43 Å². The number of aromatic nitrogens is 6. The van der Waals surface area contributed by atoms with Crippen molar-refractivity contribution in [2.45, 2.75) is 20.4 Å². The smallest absolute Gasteiger partial charge is 0.265 e.